The highest BCUT2D eigenvalue weighted by atomic mass is 19.1. The van der Waals surface area contributed by atoms with Crippen molar-refractivity contribution in [2.45, 2.75) is 31.5 Å². The Hall–Kier alpha value is -4.30. The minimum absolute atomic E-state index is 0.0940. The third-order valence-corrected chi connectivity index (χ3v) is 7.70. The predicted octanol–water partition coefficient (Wildman–Crippen LogP) is 3.03. The van der Waals surface area contributed by atoms with Crippen LogP contribution < -0.4 is 19.5 Å². The number of ether oxygens (including phenoxy) is 4. The Morgan fingerprint density at radius 3 is 2.79 bits per heavy atom. The summed E-state index contributed by atoms with van der Waals surface area (Å²) in [7, 11) is 1.82. The van der Waals surface area contributed by atoms with Crippen molar-refractivity contribution in [1.29, 1.82) is 0 Å². The van der Waals surface area contributed by atoms with E-state index >= 15 is 0 Å². The summed E-state index contributed by atoms with van der Waals surface area (Å²) >= 11 is 0. The molecule has 220 valence electrons. The number of halogens is 1. The van der Waals surface area contributed by atoms with Crippen LogP contribution in [0.25, 0.3) is 22.5 Å². The summed E-state index contributed by atoms with van der Waals surface area (Å²) < 4.78 is 40.4. The topological polar surface area (TPSA) is 126 Å². The lowest BCUT2D eigenvalue weighted by Crippen LogP contribution is -2.59. The van der Waals surface area contributed by atoms with E-state index < -0.39 is 6.67 Å². The lowest BCUT2D eigenvalue weighted by molar-refractivity contribution is -0.0998. The lowest BCUT2D eigenvalue weighted by Gasteiger charge is -2.47. The molecule has 2 saturated heterocycles. The molecule has 3 aliphatic heterocycles. The van der Waals surface area contributed by atoms with Gasteiger partial charge in [-0.2, -0.15) is 5.10 Å². The summed E-state index contributed by atoms with van der Waals surface area (Å²) in [6.07, 6.45) is 7.42. The maximum atomic E-state index is 13.1. The van der Waals surface area contributed by atoms with Crippen molar-refractivity contribution in [3.63, 3.8) is 0 Å². The number of fused-ring (bicyclic) bond motifs is 6. The van der Waals surface area contributed by atoms with Crippen LogP contribution in [0.4, 0.5) is 16.0 Å². The van der Waals surface area contributed by atoms with Gasteiger partial charge in [-0.3, -0.25) is 9.58 Å². The van der Waals surface area contributed by atoms with E-state index in [0.717, 1.165) is 26.3 Å². The largest absolute Gasteiger partial charge is 0.490 e. The Balaban J connectivity index is 1.22. The molecule has 4 aromatic heterocycles. The molecule has 0 radical (unpaired) electrons. The van der Waals surface area contributed by atoms with E-state index in [1.807, 2.05) is 30.9 Å². The molecule has 0 spiro atoms. The second kappa shape index (κ2) is 11.2. The smallest absolute Gasteiger partial charge is 0.241 e. The van der Waals surface area contributed by atoms with Gasteiger partial charge in [0.05, 0.1) is 49.8 Å². The van der Waals surface area contributed by atoms with Crippen molar-refractivity contribution in [3.05, 3.63) is 36.9 Å². The zero-order valence-electron chi connectivity index (χ0n) is 23.4. The molecular weight excluding hydrogens is 545 g/mol. The zero-order chi connectivity index (χ0) is 28.6. The van der Waals surface area contributed by atoms with Crippen LogP contribution >= 0.6 is 0 Å². The fraction of sp³-hybridized carbons (Fsp3) is 0.464. The molecule has 0 unspecified atom stereocenters. The van der Waals surface area contributed by atoms with E-state index in [0.29, 0.717) is 70.7 Å². The number of nitrogens with zero attached hydrogens (tertiary/aromatic N) is 8. The van der Waals surface area contributed by atoms with Crippen LogP contribution in [0.3, 0.4) is 0 Å². The van der Waals surface area contributed by atoms with Crippen LogP contribution in [0.15, 0.2) is 36.9 Å². The molecule has 14 heteroatoms. The average molecular weight is 578 g/mol. The molecule has 1 N–H and O–H groups in total. The number of aryl methyl sites for hydroxylation is 1. The number of anilines is 2. The normalized spacial score (nSPS) is 19.4. The molecule has 4 aromatic rings. The molecule has 2 fully saturated rings. The van der Waals surface area contributed by atoms with Crippen LogP contribution in [0, 0.1) is 0 Å². The molecular formula is C28H32FN9O4. The van der Waals surface area contributed by atoms with Gasteiger partial charge in [-0.25, -0.2) is 24.0 Å². The first-order valence-electron chi connectivity index (χ1n) is 14.1. The van der Waals surface area contributed by atoms with Crippen molar-refractivity contribution in [1.82, 2.24) is 39.4 Å². The standard InChI is InChI=1S/C28H32FN9O4/c1-17-4-7-41-28-21(11-32-36(28)2)26-30-6-3-24(34-26)33-25-9-23(42-17)20(10-31-25)22-14-38(35-27(22)40-8-5-29)18-12-37(13-18)19-15-39-16-19/h3,6,9-11,14,17-19H,4-5,7-8,12-13,15-16H2,1-2H3,(H,30,31,33,34)/t17-/m0/s1. The molecule has 7 rings (SSSR count). The van der Waals surface area contributed by atoms with Gasteiger partial charge in [0.25, 0.3) is 0 Å². The number of rotatable bonds is 6. The summed E-state index contributed by atoms with van der Waals surface area (Å²) in [6, 6.07) is 4.25. The Bertz CT molecular complexity index is 1570. The quantitative estimate of drug-likeness (QED) is 0.363. The Morgan fingerprint density at radius 1 is 1.10 bits per heavy atom. The molecule has 0 saturated carbocycles. The van der Waals surface area contributed by atoms with Gasteiger partial charge in [0.2, 0.25) is 11.8 Å². The number of likely N-dealkylation sites (tertiary alicyclic amines) is 1. The molecule has 1 atom stereocenters. The fourth-order valence-corrected chi connectivity index (χ4v) is 5.22. The van der Waals surface area contributed by atoms with Crippen molar-refractivity contribution in [3.8, 4) is 40.0 Å². The van der Waals surface area contributed by atoms with Gasteiger partial charge >= 0.3 is 0 Å². The molecule has 42 heavy (non-hydrogen) atoms. The Kier molecular flexibility index (Phi) is 7.07. The van der Waals surface area contributed by atoms with Gasteiger partial charge in [0, 0.05) is 56.8 Å². The molecule has 4 bridgehead atoms. The van der Waals surface area contributed by atoms with E-state index in [9.17, 15) is 4.39 Å². The van der Waals surface area contributed by atoms with E-state index in [1.165, 1.54) is 0 Å². The van der Waals surface area contributed by atoms with E-state index in [4.69, 9.17) is 24.0 Å². The summed E-state index contributed by atoms with van der Waals surface area (Å²) in [4.78, 5) is 16.1. The third-order valence-electron chi connectivity index (χ3n) is 7.70. The SMILES string of the molecule is C[C@H]1CCOc2c(cnn2C)-c2nccc(n2)Nc2cc(c(-c3cn(C4CN(C5COC5)C4)nc3OCCF)cn2)O1. The van der Waals surface area contributed by atoms with Gasteiger partial charge in [0.15, 0.2) is 5.82 Å². The maximum absolute atomic E-state index is 13.1. The molecule has 0 amide bonds. The van der Waals surface area contributed by atoms with Crippen molar-refractivity contribution >= 4 is 11.6 Å². The van der Waals surface area contributed by atoms with Crippen LogP contribution in [0.5, 0.6) is 17.5 Å². The molecule has 13 nitrogen and oxygen atoms in total. The van der Waals surface area contributed by atoms with Crippen LogP contribution in [-0.4, -0.2) is 97.8 Å². The van der Waals surface area contributed by atoms with E-state index in [1.54, 1.807) is 29.3 Å². The van der Waals surface area contributed by atoms with Gasteiger partial charge in [-0.1, -0.05) is 0 Å². The first kappa shape index (κ1) is 26.6. The Labute approximate surface area is 241 Å². The van der Waals surface area contributed by atoms with Crippen LogP contribution in [-0.2, 0) is 11.8 Å². The molecule has 0 aliphatic carbocycles. The number of pyridine rings is 1. The lowest BCUT2D eigenvalue weighted by atomic mass is 10.0. The highest BCUT2D eigenvalue weighted by Crippen LogP contribution is 2.39. The first-order chi connectivity index (χ1) is 20.6. The summed E-state index contributed by atoms with van der Waals surface area (Å²) in [5, 5.41) is 12.3. The summed E-state index contributed by atoms with van der Waals surface area (Å²) in [5.74, 6) is 3.09. The van der Waals surface area contributed by atoms with E-state index in [2.05, 4.69) is 30.3 Å². The Morgan fingerprint density at radius 2 is 1.98 bits per heavy atom. The van der Waals surface area contributed by atoms with Gasteiger partial charge < -0.3 is 24.3 Å². The minimum atomic E-state index is -0.619. The third kappa shape index (κ3) is 5.11. The second-order valence-corrected chi connectivity index (χ2v) is 10.7. The summed E-state index contributed by atoms with van der Waals surface area (Å²) in [5.41, 5.74) is 2.09. The van der Waals surface area contributed by atoms with Crippen LogP contribution in [0.2, 0.25) is 0 Å². The predicted molar refractivity (Wildman–Crippen MR) is 150 cm³/mol. The second-order valence-electron chi connectivity index (χ2n) is 10.7. The highest BCUT2D eigenvalue weighted by molar-refractivity contribution is 5.75. The summed E-state index contributed by atoms with van der Waals surface area (Å²) in [6.45, 7) is 4.96. The first-order valence-corrected chi connectivity index (χ1v) is 14.1. The number of nitrogens with one attached hydrogen (secondary N) is 1. The molecule has 0 aromatic carbocycles. The number of alkyl halides is 1. The monoisotopic (exact) mass is 577 g/mol. The maximum Gasteiger partial charge on any atom is 0.241 e. The molecule has 7 heterocycles. The van der Waals surface area contributed by atoms with Crippen molar-refractivity contribution < 1.29 is 23.3 Å². The van der Waals surface area contributed by atoms with Crippen LogP contribution in [0.1, 0.15) is 19.4 Å². The van der Waals surface area contributed by atoms with E-state index in [-0.39, 0.29) is 18.8 Å². The highest BCUT2D eigenvalue weighted by Gasteiger charge is 2.38. The fourth-order valence-electron chi connectivity index (χ4n) is 5.22. The average Bonchev–Trinajstić information content (AvgIpc) is 3.51. The van der Waals surface area contributed by atoms with Crippen molar-refractivity contribution in [2.24, 2.45) is 7.05 Å². The number of hydrogen-bond donors (Lipinski definition) is 1. The van der Waals surface area contributed by atoms with Gasteiger partial charge in [-0.05, 0) is 13.0 Å². The van der Waals surface area contributed by atoms with Gasteiger partial charge in [-0.15, -0.1) is 5.10 Å². The van der Waals surface area contributed by atoms with Crippen molar-refractivity contribution in [2.75, 3.05) is 51.5 Å². The number of aromatic nitrogens is 7. The zero-order valence-corrected chi connectivity index (χ0v) is 23.4. The number of hydrogen-bond acceptors (Lipinski definition) is 11. The minimum Gasteiger partial charge on any atom is -0.490 e. The van der Waals surface area contributed by atoms with Gasteiger partial charge in [0.1, 0.15) is 36.2 Å². The molecule has 3 aliphatic rings.